The number of anilines is 2. The van der Waals surface area contributed by atoms with Crippen LogP contribution in [0.3, 0.4) is 0 Å². The topological polar surface area (TPSA) is 101 Å². The second kappa shape index (κ2) is 9.75. The highest BCUT2D eigenvalue weighted by Crippen LogP contribution is 2.39. The number of amides is 1. The Labute approximate surface area is 206 Å². The normalized spacial score (nSPS) is 14.3. The Morgan fingerprint density at radius 1 is 1.18 bits per heavy atom. The molecular formula is C25H22ClN3O4S. The van der Waals surface area contributed by atoms with Crippen molar-refractivity contribution in [2.45, 2.75) is 38.3 Å². The van der Waals surface area contributed by atoms with Crippen LogP contribution in [0.5, 0.6) is 0 Å². The largest absolute Gasteiger partial charge is 0.480 e. The van der Waals surface area contributed by atoms with Crippen LogP contribution >= 0.6 is 23.1 Å². The number of halogens is 1. The quantitative estimate of drug-likeness (QED) is 0.371. The summed E-state index contributed by atoms with van der Waals surface area (Å²) >= 11 is 7.37. The molecule has 1 heterocycles. The molecule has 0 radical (unpaired) electrons. The van der Waals surface area contributed by atoms with Gasteiger partial charge in [0.15, 0.2) is 0 Å². The average molecular weight is 496 g/mol. The van der Waals surface area contributed by atoms with Crippen molar-refractivity contribution in [3.63, 3.8) is 0 Å². The molecule has 0 saturated heterocycles. The molecule has 0 bridgehead atoms. The van der Waals surface area contributed by atoms with Crippen molar-refractivity contribution in [3.05, 3.63) is 75.3 Å². The highest BCUT2D eigenvalue weighted by molar-refractivity contribution is 7.07. The lowest BCUT2D eigenvalue weighted by atomic mass is 10.1. The molecule has 1 saturated carbocycles. The zero-order valence-corrected chi connectivity index (χ0v) is 20.1. The molecule has 1 fully saturated rings. The Morgan fingerprint density at radius 3 is 2.53 bits per heavy atom. The van der Waals surface area contributed by atoms with Crippen molar-refractivity contribution in [1.82, 2.24) is 4.37 Å². The maximum absolute atomic E-state index is 12.5. The summed E-state index contributed by atoms with van der Waals surface area (Å²) < 4.78 is 9.78. The fraction of sp³-hybridized carbons (Fsp3) is 0.240. The van der Waals surface area contributed by atoms with E-state index < -0.39 is 23.7 Å². The molecule has 9 heteroatoms. The molecule has 174 valence electrons. The minimum atomic E-state index is -0.841. The number of hydrogen-bond donors (Lipinski definition) is 3. The smallest absolute Gasteiger partial charge is 0.412 e. The molecule has 1 aromatic heterocycles. The van der Waals surface area contributed by atoms with Crippen molar-refractivity contribution in [1.29, 1.82) is 0 Å². The SMILES string of the molecule is Cc1nsc(C#Cc2ccc(NC3(C(=O)O)CC3)cc2)c1NC(=O)OC(C)c1ccccc1Cl. The van der Waals surface area contributed by atoms with Crippen LogP contribution in [0.25, 0.3) is 0 Å². The van der Waals surface area contributed by atoms with Crippen molar-refractivity contribution in [2.24, 2.45) is 0 Å². The van der Waals surface area contributed by atoms with Crippen LogP contribution in [-0.4, -0.2) is 27.1 Å². The number of carboxylic acid groups (broad SMARTS) is 1. The van der Waals surface area contributed by atoms with Gasteiger partial charge in [0.25, 0.3) is 0 Å². The number of carbonyl (C=O) groups is 2. The first-order valence-electron chi connectivity index (χ1n) is 10.6. The fourth-order valence-corrected chi connectivity index (χ4v) is 4.32. The number of carbonyl (C=O) groups excluding carboxylic acids is 1. The number of carboxylic acids is 1. The first-order valence-corrected chi connectivity index (χ1v) is 11.7. The lowest BCUT2D eigenvalue weighted by Gasteiger charge is -2.15. The summed E-state index contributed by atoms with van der Waals surface area (Å²) in [5.74, 6) is 5.27. The van der Waals surface area contributed by atoms with E-state index in [0.29, 0.717) is 39.7 Å². The number of nitrogens with zero attached hydrogens (tertiary/aromatic N) is 1. The van der Waals surface area contributed by atoms with E-state index in [4.69, 9.17) is 16.3 Å². The lowest BCUT2D eigenvalue weighted by Crippen LogP contribution is -2.31. The van der Waals surface area contributed by atoms with Gasteiger partial charge in [-0.15, -0.1) is 0 Å². The molecule has 0 aliphatic heterocycles. The van der Waals surface area contributed by atoms with Gasteiger partial charge in [-0.3, -0.25) is 5.32 Å². The third-order valence-electron chi connectivity index (χ3n) is 5.47. The molecule has 0 spiro atoms. The molecule has 7 nitrogen and oxygen atoms in total. The summed E-state index contributed by atoms with van der Waals surface area (Å²) in [6.07, 6.45) is 0.0772. The number of aromatic nitrogens is 1. The van der Waals surface area contributed by atoms with Gasteiger partial charge < -0.3 is 15.2 Å². The molecule has 1 amide bonds. The molecule has 1 aliphatic carbocycles. The Balaban J connectivity index is 1.42. The maximum Gasteiger partial charge on any atom is 0.412 e. The Hall–Kier alpha value is -3.54. The van der Waals surface area contributed by atoms with Crippen molar-refractivity contribution >= 4 is 46.6 Å². The predicted molar refractivity (Wildman–Crippen MR) is 132 cm³/mol. The molecule has 2 aromatic carbocycles. The summed E-state index contributed by atoms with van der Waals surface area (Å²) in [5.41, 5.74) is 2.50. The van der Waals surface area contributed by atoms with E-state index >= 15 is 0 Å². The summed E-state index contributed by atoms with van der Waals surface area (Å²) in [7, 11) is 0. The van der Waals surface area contributed by atoms with Gasteiger partial charge in [-0.05, 0) is 74.5 Å². The standard InChI is InChI=1S/C25H22ClN3O4S/c1-15-22(27-24(32)33-16(2)19-5-3-4-6-20(19)26)21(34-29-15)12-9-17-7-10-18(11-8-17)28-25(13-14-25)23(30)31/h3-8,10-11,16,28H,13-14H2,1-2H3,(H,27,32)(H,30,31). The molecular weight excluding hydrogens is 474 g/mol. The molecule has 1 aliphatic rings. The summed E-state index contributed by atoms with van der Waals surface area (Å²) in [6.45, 7) is 3.53. The van der Waals surface area contributed by atoms with Gasteiger partial charge in [0.1, 0.15) is 16.5 Å². The van der Waals surface area contributed by atoms with Gasteiger partial charge in [-0.1, -0.05) is 35.7 Å². The first kappa shape index (κ1) is 23.6. The van der Waals surface area contributed by atoms with Crippen molar-refractivity contribution < 1.29 is 19.4 Å². The number of hydrogen-bond acceptors (Lipinski definition) is 6. The molecule has 1 unspecified atom stereocenters. The monoisotopic (exact) mass is 495 g/mol. The van der Waals surface area contributed by atoms with Gasteiger partial charge in [0, 0.05) is 21.8 Å². The van der Waals surface area contributed by atoms with Crippen LogP contribution in [0.2, 0.25) is 5.02 Å². The van der Waals surface area contributed by atoms with Crippen molar-refractivity contribution in [3.8, 4) is 11.8 Å². The lowest BCUT2D eigenvalue weighted by molar-refractivity contribution is -0.138. The van der Waals surface area contributed by atoms with Gasteiger partial charge in [0.05, 0.1) is 11.4 Å². The maximum atomic E-state index is 12.5. The number of rotatable bonds is 6. The van der Waals surface area contributed by atoms with Gasteiger partial charge in [0.2, 0.25) is 0 Å². The number of aryl methyl sites for hydroxylation is 1. The molecule has 3 aromatic rings. The second-order valence-corrected chi connectivity index (χ2v) is 9.19. The third kappa shape index (κ3) is 5.33. The predicted octanol–water partition coefficient (Wildman–Crippen LogP) is 5.84. The number of nitrogens with one attached hydrogen (secondary N) is 2. The minimum absolute atomic E-state index is 0.504. The number of ether oxygens (including phenoxy) is 1. The van der Waals surface area contributed by atoms with E-state index in [-0.39, 0.29) is 0 Å². The first-order chi connectivity index (χ1) is 16.3. The molecule has 3 N–H and O–H groups in total. The van der Waals surface area contributed by atoms with E-state index in [1.165, 1.54) is 11.5 Å². The third-order valence-corrected chi connectivity index (χ3v) is 6.66. The highest BCUT2D eigenvalue weighted by atomic mass is 35.5. The van der Waals surface area contributed by atoms with Crippen LogP contribution in [0.1, 0.15) is 47.6 Å². The van der Waals surface area contributed by atoms with Crippen LogP contribution in [0, 0.1) is 18.8 Å². The Kier molecular flexibility index (Phi) is 6.77. The summed E-state index contributed by atoms with van der Waals surface area (Å²) in [4.78, 5) is 24.4. The van der Waals surface area contributed by atoms with E-state index in [9.17, 15) is 14.7 Å². The van der Waals surface area contributed by atoms with Gasteiger partial charge >= 0.3 is 12.1 Å². The molecule has 1 atom stereocenters. The van der Waals surface area contributed by atoms with Crippen LogP contribution < -0.4 is 10.6 Å². The van der Waals surface area contributed by atoms with E-state index in [1.807, 2.05) is 30.3 Å². The number of aliphatic carboxylic acids is 1. The van der Waals surface area contributed by atoms with Crippen LogP contribution in [0.15, 0.2) is 48.5 Å². The Bertz CT molecular complexity index is 1290. The van der Waals surface area contributed by atoms with E-state index in [2.05, 4.69) is 26.8 Å². The minimum Gasteiger partial charge on any atom is -0.480 e. The van der Waals surface area contributed by atoms with Gasteiger partial charge in [-0.25, -0.2) is 9.59 Å². The van der Waals surface area contributed by atoms with Crippen LogP contribution in [0.4, 0.5) is 16.2 Å². The Morgan fingerprint density at radius 2 is 1.88 bits per heavy atom. The number of benzene rings is 2. The summed E-state index contributed by atoms with van der Waals surface area (Å²) in [6, 6.07) is 14.4. The van der Waals surface area contributed by atoms with E-state index in [0.717, 1.165) is 11.3 Å². The van der Waals surface area contributed by atoms with Crippen LogP contribution in [-0.2, 0) is 9.53 Å². The van der Waals surface area contributed by atoms with E-state index in [1.54, 1.807) is 32.0 Å². The molecule has 4 rings (SSSR count). The average Bonchev–Trinajstić information content (AvgIpc) is 3.52. The summed E-state index contributed by atoms with van der Waals surface area (Å²) in [5, 5.41) is 15.6. The fourth-order valence-electron chi connectivity index (χ4n) is 3.32. The van der Waals surface area contributed by atoms with Crippen molar-refractivity contribution in [2.75, 3.05) is 10.6 Å². The molecule has 34 heavy (non-hydrogen) atoms. The zero-order valence-electron chi connectivity index (χ0n) is 18.5. The second-order valence-electron chi connectivity index (χ2n) is 8.01. The zero-order chi connectivity index (χ0) is 24.3. The van der Waals surface area contributed by atoms with Gasteiger partial charge in [-0.2, -0.15) is 4.37 Å². The highest BCUT2D eigenvalue weighted by Gasteiger charge is 2.50.